The van der Waals surface area contributed by atoms with Gasteiger partial charge in [-0.2, -0.15) is 0 Å². The highest BCUT2D eigenvalue weighted by atomic mass is 32.2. The molecule has 1 amide bonds. The van der Waals surface area contributed by atoms with E-state index in [9.17, 15) is 13.2 Å². The smallest absolute Gasteiger partial charge is 0.258 e. The summed E-state index contributed by atoms with van der Waals surface area (Å²) in [5.74, 6) is 2.70. The van der Waals surface area contributed by atoms with Gasteiger partial charge in [-0.3, -0.25) is 9.52 Å². The van der Waals surface area contributed by atoms with E-state index in [4.69, 9.17) is 4.98 Å². The van der Waals surface area contributed by atoms with Gasteiger partial charge in [0.05, 0.1) is 22.7 Å². The zero-order valence-electron chi connectivity index (χ0n) is 21.1. The van der Waals surface area contributed by atoms with Crippen molar-refractivity contribution < 1.29 is 13.2 Å². The van der Waals surface area contributed by atoms with Crippen molar-refractivity contribution in [1.29, 1.82) is 0 Å². The summed E-state index contributed by atoms with van der Waals surface area (Å²) in [6.07, 6.45) is 8.44. The lowest BCUT2D eigenvalue weighted by molar-refractivity contribution is 0.102. The third-order valence-electron chi connectivity index (χ3n) is 7.99. The summed E-state index contributed by atoms with van der Waals surface area (Å²) in [6.45, 7) is 5.35. The summed E-state index contributed by atoms with van der Waals surface area (Å²) < 4.78 is 27.0. The Balaban J connectivity index is 1.47. The minimum atomic E-state index is -3.41. The van der Waals surface area contributed by atoms with Crippen LogP contribution in [0.15, 0.2) is 36.4 Å². The average molecular weight is 512 g/mol. The molecular weight excluding hydrogens is 474 g/mol. The fourth-order valence-corrected chi connectivity index (χ4v) is 6.39. The molecule has 36 heavy (non-hydrogen) atoms. The molecule has 6 aliphatic rings. The van der Waals surface area contributed by atoms with Crippen LogP contribution in [0.3, 0.4) is 0 Å². The first-order chi connectivity index (χ1) is 17.4. The van der Waals surface area contributed by atoms with E-state index >= 15 is 0 Å². The van der Waals surface area contributed by atoms with Crippen molar-refractivity contribution in [2.24, 2.45) is 11.8 Å². The number of aromatic nitrogens is 1. The fraction of sp³-hybridized carbons (Fsp3) is 0.556. The molecular formula is C27H37N5O3S. The zero-order chi connectivity index (χ0) is 25.1. The minimum Gasteiger partial charge on any atom is -0.371 e. The summed E-state index contributed by atoms with van der Waals surface area (Å²) in [7, 11) is -3.41. The van der Waals surface area contributed by atoms with E-state index in [1.54, 1.807) is 25.1 Å². The van der Waals surface area contributed by atoms with Gasteiger partial charge < -0.3 is 15.1 Å². The second kappa shape index (κ2) is 10.7. The van der Waals surface area contributed by atoms with E-state index in [1.807, 2.05) is 18.2 Å². The number of hydrogen-bond donors (Lipinski definition) is 2. The lowest BCUT2D eigenvalue weighted by Gasteiger charge is -2.36. The van der Waals surface area contributed by atoms with Gasteiger partial charge in [-0.1, -0.05) is 25.3 Å². The van der Waals surface area contributed by atoms with Crippen LogP contribution in [0.25, 0.3) is 0 Å². The number of rotatable bonds is 3. The van der Waals surface area contributed by atoms with Gasteiger partial charge in [0.1, 0.15) is 11.6 Å². The van der Waals surface area contributed by atoms with Crippen LogP contribution in [0, 0.1) is 11.8 Å². The van der Waals surface area contributed by atoms with Crippen molar-refractivity contribution in [2.75, 3.05) is 51.8 Å². The molecule has 1 aromatic carbocycles. The van der Waals surface area contributed by atoms with Gasteiger partial charge in [0, 0.05) is 26.2 Å². The summed E-state index contributed by atoms with van der Waals surface area (Å²) in [5.41, 5.74) is 1.78. The van der Waals surface area contributed by atoms with E-state index in [0.717, 1.165) is 56.4 Å². The molecule has 0 spiro atoms. The molecule has 2 saturated heterocycles. The summed E-state index contributed by atoms with van der Waals surface area (Å²) in [4.78, 5) is 22.8. The molecule has 0 atom stereocenters. The molecule has 2 N–H and O–H groups in total. The van der Waals surface area contributed by atoms with E-state index < -0.39 is 10.0 Å². The van der Waals surface area contributed by atoms with Crippen LogP contribution < -0.4 is 19.8 Å². The monoisotopic (exact) mass is 511 g/mol. The Morgan fingerprint density at radius 1 is 0.944 bits per heavy atom. The number of carbonyl (C=O) groups excluding carboxylic acids is 1. The standard InChI is InChI=1S/C27H37N5O3S/c1-2-36(34,35)30-22-9-10-23-24(19-22)31-15-11-20(12-16-31)5-3-6-21-13-17-32(18-14-21)26-8-4-7-25(28-26)29-27(23)33/h4,7-10,19-21,30H,2-3,5-6,11-18H2,1H3,(H,28,29,33). The van der Waals surface area contributed by atoms with Crippen molar-refractivity contribution in [3.05, 3.63) is 42.0 Å². The maximum absolute atomic E-state index is 13.5. The predicted octanol–water partition coefficient (Wildman–Crippen LogP) is 4.71. The van der Waals surface area contributed by atoms with E-state index in [-0.39, 0.29) is 11.7 Å². The molecule has 6 bridgehead atoms. The summed E-state index contributed by atoms with van der Waals surface area (Å²) >= 11 is 0. The van der Waals surface area contributed by atoms with Gasteiger partial charge in [0.25, 0.3) is 5.91 Å². The third-order valence-corrected chi connectivity index (χ3v) is 9.30. The number of amides is 1. The van der Waals surface area contributed by atoms with Crippen LogP contribution in [0.1, 0.15) is 62.2 Å². The average Bonchev–Trinajstić information content (AvgIpc) is 2.89. The van der Waals surface area contributed by atoms with Crippen molar-refractivity contribution in [3.8, 4) is 0 Å². The van der Waals surface area contributed by atoms with Crippen molar-refractivity contribution in [1.82, 2.24) is 4.98 Å². The molecule has 2 aromatic rings. The summed E-state index contributed by atoms with van der Waals surface area (Å²) in [5, 5.41) is 2.99. The molecule has 0 radical (unpaired) electrons. The van der Waals surface area contributed by atoms with Gasteiger partial charge in [-0.05, 0) is 74.8 Å². The normalized spacial score (nSPS) is 23.0. The van der Waals surface area contributed by atoms with Crippen LogP contribution in [-0.4, -0.2) is 51.2 Å². The topological polar surface area (TPSA) is 94.6 Å². The first-order valence-electron chi connectivity index (χ1n) is 13.3. The Morgan fingerprint density at radius 3 is 2.28 bits per heavy atom. The van der Waals surface area contributed by atoms with Crippen LogP contribution in [0.4, 0.5) is 23.0 Å². The maximum Gasteiger partial charge on any atom is 0.258 e. The minimum absolute atomic E-state index is 0.00412. The van der Waals surface area contributed by atoms with Gasteiger partial charge in [0.2, 0.25) is 10.0 Å². The predicted molar refractivity (Wildman–Crippen MR) is 145 cm³/mol. The molecule has 8 rings (SSSR count). The number of nitrogens with one attached hydrogen (secondary N) is 2. The quantitative estimate of drug-likeness (QED) is 0.620. The number of benzene rings is 1. The van der Waals surface area contributed by atoms with E-state index in [2.05, 4.69) is 19.8 Å². The lowest BCUT2D eigenvalue weighted by atomic mass is 9.86. The number of piperidine rings is 2. The molecule has 194 valence electrons. The Morgan fingerprint density at radius 2 is 1.61 bits per heavy atom. The number of nitrogens with zero attached hydrogens (tertiary/aromatic N) is 3. The molecule has 7 heterocycles. The first-order valence-corrected chi connectivity index (χ1v) is 15.0. The zero-order valence-corrected chi connectivity index (χ0v) is 21.9. The highest BCUT2D eigenvalue weighted by Crippen LogP contribution is 2.33. The Bertz CT molecular complexity index is 1190. The van der Waals surface area contributed by atoms with E-state index in [0.29, 0.717) is 23.0 Å². The number of hydrogen-bond acceptors (Lipinski definition) is 6. The van der Waals surface area contributed by atoms with Gasteiger partial charge >= 0.3 is 0 Å². The molecule has 8 nitrogen and oxygen atoms in total. The molecule has 0 aliphatic carbocycles. The third kappa shape index (κ3) is 5.77. The number of pyridine rings is 1. The van der Waals surface area contributed by atoms with Crippen LogP contribution in [0.2, 0.25) is 0 Å². The van der Waals surface area contributed by atoms with Crippen molar-refractivity contribution >= 4 is 38.9 Å². The van der Waals surface area contributed by atoms with E-state index in [1.165, 1.54) is 32.1 Å². The van der Waals surface area contributed by atoms with Crippen molar-refractivity contribution in [2.45, 2.75) is 51.9 Å². The summed E-state index contributed by atoms with van der Waals surface area (Å²) in [6, 6.07) is 11.0. The van der Waals surface area contributed by atoms with Crippen molar-refractivity contribution in [3.63, 3.8) is 0 Å². The molecule has 6 aliphatic heterocycles. The number of sulfonamides is 1. The number of carbonyl (C=O) groups is 1. The van der Waals surface area contributed by atoms with Crippen LogP contribution in [0.5, 0.6) is 0 Å². The lowest BCUT2D eigenvalue weighted by Crippen LogP contribution is -2.36. The first kappa shape index (κ1) is 24.9. The van der Waals surface area contributed by atoms with Crippen LogP contribution in [-0.2, 0) is 10.0 Å². The molecule has 1 aromatic heterocycles. The number of anilines is 4. The molecule has 0 saturated carbocycles. The Hall–Kier alpha value is -2.81. The molecule has 9 heteroatoms. The highest BCUT2D eigenvalue weighted by Gasteiger charge is 2.26. The maximum atomic E-state index is 13.5. The second-order valence-electron chi connectivity index (χ2n) is 10.4. The molecule has 0 unspecified atom stereocenters. The largest absolute Gasteiger partial charge is 0.371 e. The van der Waals surface area contributed by atoms with Gasteiger partial charge in [0.15, 0.2) is 0 Å². The Labute approximate surface area is 214 Å². The fourth-order valence-electron chi connectivity index (χ4n) is 5.76. The SMILES string of the molecule is CCS(=O)(=O)Nc1ccc2c(c1)N1CCC(CCCC3CCN(CC3)c3cccc(n3)NC2=O)CC1. The Kier molecular flexibility index (Phi) is 7.37. The van der Waals surface area contributed by atoms with Gasteiger partial charge in [-0.15, -0.1) is 0 Å². The molecule has 2 fully saturated rings. The highest BCUT2D eigenvalue weighted by molar-refractivity contribution is 7.92. The van der Waals surface area contributed by atoms with Gasteiger partial charge in [-0.25, -0.2) is 13.4 Å². The van der Waals surface area contributed by atoms with Crippen LogP contribution >= 0.6 is 0 Å². The second-order valence-corrected chi connectivity index (χ2v) is 12.4.